The summed E-state index contributed by atoms with van der Waals surface area (Å²) in [6, 6.07) is 5.73. The van der Waals surface area contributed by atoms with E-state index in [4.69, 9.17) is 27.8 Å². The number of carbonyl (C=O) groups excluding carboxylic acids is 1. The van der Waals surface area contributed by atoms with Crippen LogP contribution >= 0.6 is 34.7 Å². The number of fused-ring (bicyclic) bond motifs is 2. The van der Waals surface area contributed by atoms with E-state index in [-0.39, 0.29) is 27.7 Å². The molecule has 6 rings (SSSR count). The number of piperidine rings is 1. The number of hydrogen-bond donors (Lipinski definition) is 2. The highest BCUT2D eigenvalue weighted by Gasteiger charge is 2.47. The number of ether oxygens (including phenoxy) is 1. The fourth-order valence-corrected chi connectivity index (χ4v) is 7.94. The molecule has 4 heterocycles. The molecule has 0 radical (unpaired) electrons. The third kappa shape index (κ3) is 4.67. The number of methoxy groups -OCH3 is 1. The van der Waals surface area contributed by atoms with E-state index in [0.717, 1.165) is 19.3 Å². The summed E-state index contributed by atoms with van der Waals surface area (Å²) >= 11 is 9.64. The summed E-state index contributed by atoms with van der Waals surface area (Å²) in [7, 11) is 1.57. The molecule has 1 aliphatic heterocycles. The second-order valence-electron chi connectivity index (χ2n) is 10.2. The molecular weight excluding hydrogens is 570 g/mol. The molecule has 1 saturated heterocycles. The summed E-state index contributed by atoms with van der Waals surface area (Å²) < 4.78 is 6.55. The molecule has 0 bridgehead atoms. The Kier molecular flexibility index (Phi) is 7.30. The maximum atomic E-state index is 13.1. The molecule has 4 aromatic rings. The highest BCUT2D eigenvalue weighted by atomic mass is 35.5. The van der Waals surface area contributed by atoms with Gasteiger partial charge in [0.15, 0.2) is 11.5 Å². The topological polar surface area (TPSA) is 142 Å². The Labute approximate surface area is 243 Å². The van der Waals surface area contributed by atoms with Crippen molar-refractivity contribution < 1.29 is 9.53 Å². The van der Waals surface area contributed by atoms with Gasteiger partial charge in [-0.05, 0) is 53.8 Å². The van der Waals surface area contributed by atoms with Crippen molar-refractivity contribution >= 4 is 57.3 Å². The molecule has 208 valence electrons. The van der Waals surface area contributed by atoms with E-state index in [1.165, 1.54) is 33.1 Å². The molecule has 1 atom stereocenters. The van der Waals surface area contributed by atoms with Crippen molar-refractivity contribution in [2.45, 2.75) is 41.8 Å². The highest BCUT2D eigenvalue weighted by Crippen LogP contribution is 2.52. The van der Waals surface area contributed by atoms with E-state index in [1.807, 2.05) is 0 Å². The number of amides is 1. The van der Waals surface area contributed by atoms with E-state index in [1.54, 1.807) is 36.8 Å². The lowest BCUT2D eigenvalue weighted by atomic mass is 9.73. The molecule has 13 heteroatoms. The van der Waals surface area contributed by atoms with E-state index >= 15 is 0 Å². The lowest BCUT2D eigenvalue weighted by molar-refractivity contribution is 0.0994. The molecule has 0 unspecified atom stereocenters. The van der Waals surface area contributed by atoms with Gasteiger partial charge in [0.25, 0.3) is 11.5 Å². The monoisotopic (exact) mass is 597 g/mol. The number of nitrogens with zero attached hydrogens (tertiary/aromatic N) is 5. The van der Waals surface area contributed by atoms with Gasteiger partial charge in [-0.25, -0.2) is 15.0 Å². The number of anilines is 1. The normalized spacial score (nSPS) is 18.0. The first-order valence-corrected chi connectivity index (χ1v) is 15.0. The summed E-state index contributed by atoms with van der Waals surface area (Å²) in [5.41, 5.74) is 14.2. The van der Waals surface area contributed by atoms with Gasteiger partial charge in [-0.1, -0.05) is 23.4 Å². The third-order valence-corrected chi connectivity index (χ3v) is 10.4. The van der Waals surface area contributed by atoms with Crippen LogP contribution in [0.15, 0.2) is 50.8 Å². The van der Waals surface area contributed by atoms with Gasteiger partial charge in [0.2, 0.25) is 0 Å². The molecule has 1 spiro atoms. The minimum absolute atomic E-state index is 0.0381. The Hall–Kier alpha value is -3.03. The molecule has 1 aliphatic carbocycles. The van der Waals surface area contributed by atoms with Gasteiger partial charge < -0.3 is 21.1 Å². The van der Waals surface area contributed by atoms with Crippen LogP contribution in [-0.4, -0.2) is 52.2 Å². The lowest BCUT2D eigenvalue weighted by Crippen LogP contribution is -2.45. The average Bonchev–Trinajstić information content (AvgIpc) is 3.50. The minimum Gasteiger partial charge on any atom is -0.383 e. The molecule has 3 aromatic heterocycles. The van der Waals surface area contributed by atoms with Crippen LogP contribution in [0.5, 0.6) is 0 Å². The van der Waals surface area contributed by atoms with Crippen molar-refractivity contribution in [3.8, 4) is 0 Å². The van der Waals surface area contributed by atoms with Gasteiger partial charge in [0, 0.05) is 36.0 Å². The van der Waals surface area contributed by atoms with Crippen molar-refractivity contribution in [3.05, 3.63) is 67.6 Å². The molecule has 40 heavy (non-hydrogen) atoms. The Bertz CT molecular complexity index is 1670. The van der Waals surface area contributed by atoms with Gasteiger partial charge in [0.05, 0.1) is 41.6 Å². The van der Waals surface area contributed by atoms with Crippen LogP contribution in [0.1, 0.15) is 39.8 Å². The summed E-state index contributed by atoms with van der Waals surface area (Å²) in [5, 5.41) is 3.13. The van der Waals surface area contributed by atoms with Crippen molar-refractivity contribution in [1.82, 2.24) is 19.5 Å². The van der Waals surface area contributed by atoms with Crippen LogP contribution in [0.25, 0.3) is 10.9 Å². The summed E-state index contributed by atoms with van der Waals surface area (Å²) in [4.78, 5) is 43.0. The van der Waals surface area contributed by atoms with Gasteiger partial charge in [-0.2, -0.15) is 0 Å². The Morgan fingerprint density at radius 2 is 2.08 bits per heavy atom. The van der Waals surface area contributed by atoms with Gasteiger partial charge in [-0.3, -0.25) is 14.2 Å². The first-order chi connectivity index (χ1) is 19.3. The maximum Gasteiger partial charge on any atom is 0.271 e. The van der Waals surface area contributed by atoms with E-state index < -0.39 is 5.91 Å². The smallest absolute Gasteiger partial charge is 0.271 e. The first-order valence-electron chi connectivity index (χ1n) is 12.9. The number of halogens is 1. The number of thiophene rings is 1. The number of carbonyl (C=O) groups is 1. The van der Waals surface area contributed by atoms with Crippen LogP contribution in [0, 0.1) is 5.41 Å². The average molecular weight is 598 g/mol. The van der Waals surface area contributed by atoms with Crippen molar-refractivity contribution in [1.29, 1.82) is 0 Å². The van der Waals surface area contributed by atoms with Crippen molar-refractivity contribution in [2.75, 3.05) is 31.7 Å². The van der Waals surface area contributed by atoms with Crippen LogP contribution in [0.2, 0.25) is 5.02 Å². The molecule has 2 aliphatic rings. The Balaban J connectivity index is 1.24. The Morgan fingerprint density at radius 1 is 1.27 bits per heavy atom. The largest absolute Gasteiger partial charge is 0.383 e. The maximum absolute atomic E-state index is 13.1. The number of nitrogens with two attached hydrogens (primary N) is 2. The molecular formula is C27H28ClN7O3S2. The van der Waals surface area contributed by atoms with E-state index in [2.05, 4.69) is 31.3 Å². The number of benzene rings is 1. The molecule has 0 saturated carbocycles. The number of rotatable bonds is 7. The predicted molar refractivity (Wildman–Crippen MR) is 156 cm³/mol. The van der Waals surface area contributed by atoms with Crippen molar-refractivity contribution in [2.24, 2.45) is 16.9 Å². The molecule has 10 nitrogen and oxygen atoms in total. The zero-order chi connectivity index (χ0) is 28.0. The van der Waals surface area contributed by atoms with Gasteiger partial charge >= 0.3 is 0 Å². The molecule has 1 fully saturated rings. The molecule has 1 amide bonds. The van der Waals surface area contributed by atoms with E-state index in [0.29, 0.717) is 52.9 Å². The van der Waals surface area contributed by atoms with E-state index in [9.17, 15) is 9.59 Å². The molecule has 4 N–H and O–H groups in total. The summed E-state index contributed by atoms with van der Waals surface area (Å²) in [6.45, 7) is 2.16. The number of aromatic nitrogens is 4. The van der Waals surface area contributed by atoms with Gasteiger partial charge in [0.1, 0.15) is 5.03 Å². The lowest BCUT2D eigenvalue weighted by Gasteiger charge is -2.42. The third-order valence-electron chi connectivity index (χ3n) is 7.93. The second-order valence-corrected chi connectivity index (χ2v) is 12.6. The Morgan fingerprint density at radius 3 is 2.80 bits per heavy atom. The zero-order valence-electron chi connectivity index (χ0n) is 21.8. The standard InChI is InChI=1S/C27H28ClN7O3S2/c1-38-10-9-35-14-32-16-2-3-17(20(28)19(16)26(35)37)40-18-13-31-25(21(33-18)24(30)36)34-7-5-27(6-8-34)12-15-4-11-39-22(15)23(27)29/h2-4,11,13-14,23H,5-10,12,29H2,1H3,(H2,30,36)/t23-/m1/s1. The number of hydrogen-bond acceptors (Lipinski definition) is 10. The van der Waals surface area contributed by atoms with Gasteiger partial charge in [-0.15, -0.1) is 11.3 Å². The SMILES string of the molecule is COCCn1cnc2ccc(Sc3cnc(N4CCC5(CC4)Cc4ccsc4[C@H]5N)c(C(N)=O)n3)c(Cl)c2c1=O. The quantitative estimate of drug-likeness (QED) is 0.326. The fourth-order valence-electron chi connectivity index (χ4n) is 5.72. The van der Waals surface area contributed by atoms with Crippen LogP contribution in [0.3, 0.4) is 0 Å². The zero-order valence-corrected chi connectivity index (χ0v) is 24.2. The first kappa shape index (κ1) is 27.2. The van der Waals surface area contributed by atoms with Crippen LogP contribution < -0.4 is 21.9 Å². The minimum atomic E-state index is -0.653. The second kappa shape index (κ2) is 10.7. The predicted octanol–water partition coefficient (Wildman–Crippen LogP) is 3.64. The molecule has 1 aromatic carbocycles. The highest BCUT2D eigenvalue weighted by molar-refractivity contribution is 7.99. The van der Waals surface area contributed by atoms with Crippen LogP contribution in [-0.2, 0) is 17.7 Å². The van der Waals surface area contributed by atoms with Crippen LogP contribution in [0.4, 0.5) is 5.82 Å². The number of primary amides is 1. The summed E-state index contributed by atoms with van der Waals surface area (Å²) in [6.07, 6.45) is 5.88. The van der Waals surface area contributed by atoms with Crippen molar-refractivity contribution in [3.63, 3.8) is 0 Å². The fraction of sp³-hybridized carbons (Fsp3) is 0.370. The summed E-state index contributed by atoms with van der Waals surface area (Å²) in [5.74, 6) is -0.178.